The molecule has 1 aromatic heterocycles. The van der Waals surface area contributed by atoms with Gasteiger partial charge >= 0.3 is 10.9 Å². The van der Waals surface area contributed by atoms with E-state index in [-0.39, 0.29) is 17.6 Å². The number of azo groups is 1. The molecule has 7 rings (SSSR count). The molecule has 0 unspecified atom stereocenters. The number of aryl methyl sites for hydroxylation is 2. The van der Waals surface area contributed by atoms with E-state index in [0.717, 1.165) is 51.0 Å². The molecule has 0 amide bonds. The van der Waals surface area contributed by atoms with Crippen LogP contribution in [0.1, 0.15) is 11.1 Å². The monoisotopic (exact) mass is 849 g/mol. The Morgan fingerprint density at radius 2 is 1.17 bits per heavy atom. The molecule has 60 heavy (non-hydrogen) atoms. The second-order valence-electron chi connectivity index (χ2n) is 14.0. The van der Waals surface area contributed by atoms with Gasteiger partial charge in [0, 0.05) is 39.4 Å². The van der Waals surface area contributed by atoms with Crippen LogP contribution in [0.15, 0.2) is 70.2 Å². The van der Waals surface area contributed by atoms with E-state index < -0.39 is 4.92 Å². The number of hydrogen-bond donors (Lipinski definition) is 0. The van der Waals surface area contributed by atoms with E-state index in [2.05, 4.69) is 80.2 Å². The maximum atomic E-state index is 11.2. The summed E-state index contributed by atoms with van der Waals surface area (Å²) < 4.78 is 49.2. The lowest BCUT2D eigenvalue weighted by atomic mass is 10.2. The lowest BCUT2D eigenvalue weighted by Gasteiger charge is -2.29. The van der Waals surface area contributed by atoms with Crippen molar-refractivity contribution in [3.05, 3.63) is 81.2 Å². The molecule has 1 saturated heterocycles. The van der Waals surface area contributed by atoms with Crippen LogP contribution in [0.3, 0.4) is 0 Å². The Bertz CT molecular complexity index is 1890. The summed E-state index contributed by atoms with van der Waals surface area (Å²) in [4.78, 5) is 21.2. The van der Waals surface area contributed by atoms with Crippen LogP contribution in [0.4, 0.5) is 33.7 Å². The maximum absolute atomic E-state index is 11.2. The van der Waals surface area contributed by atoms with Crippen molar-refractivity contribution in [2.45, 2.75) is 13.8 Å². The Morgan fingerprint density at radius 3 is 1.67 bits per heavy atom. The van der Waals surface area contributed by atoms with E-state index in [9.17, 15) is 10.1 Å². The van der Waals surface area contributed by atoms with Crippen molar-refractivity contribution in [2.24, 2.45) is 10.2 Å². The molecule has 2 bridgehead atoms. The third-order valence-electron chi connectivity index (χ3n) is 9.66. The van der Waals surface area contributed by atoms with Crippen molar-refractivity contribution >= 4 is 45.0 Å². The summed E-state index contributed by atoms with van der Waals surface area (Å²) >= 11 is 1.04. The SMILES string of the molecule is COCCOc1cc(/N=N/c2nc([N+](=O)[O-])cs2)ccc1N1CCOc2cc(C)ccc2N2CCOCCOCCN(CCOCCOCC2)c2ccc(C)cc2OCC1. The summed E-state index contributed by atoms with van der Waals surface area (Å²) in [6, 6.07) is 18.0. The van der Waals surface area contributed by atoms with Crippen LogP contribution < -0.4 is 28.9 Å². The number of nitro groups is 1. The molecule has 17 nitrogen and oxygen atoms in total. The molecule has 3 aliphatic rings. The van der Waals surface area contributed by atoms with E-state index in [1.807, 2.05) is 12.1 Å². The molecule has 1 fully saturated rings. The number of nitrogens with zero attached hydrogens (tertiary/aromatic N) is 7. The van der Waals surface area contributed by atoms with Crippen LogP contribution in [0, 0.1) is 24.0 Å². The molecule has 4 heterocycles. The Balaban J connectivity index is 1.35. The van der Waals surface area contributed by atoms with Gasteiger partial charge in [0.15, 0.2) is 0 Å². The van der Waals surface area contributed by atoms with Crippen LogP contribution in [0.25, 0.3) is 0 Å². The molecule has 0 N–H and O–H groups in total. The first kappa shape index (κ1) is 44.4. The van der Waals surface area contributed by atoms with E-state index in [1.165, 1.54) is 5.38 Å². The quantitative estimate of drug-likeness (QED) is 0.0599. The van der Waals surface area contributed by atoms with Gasteiger partial charge in [0.05, 0.1) is 101 Å². The smallest absolute Gasteiger partial charge is 0.377 e. The summed E-state index contributed by atoms with van der Waals surface area (Å²) in [7, 11) is 1.62. The Morgan fingerprint density at radius 1 is 0.667 bits per heavy atom. The van der Waals surface area contributed by atoms with Crippen molar-refractivity contribution in [3.8, 4) is 17.2 Å². The topological polar surface area (TPSA) is 164 Å². The summed E-state index contributed by atoms with van der Waals surface area (Å²) in [6.07, 6.45) is 0. The predicted octanol–water partition coefficient (Wildman–Crippen LogP) is 6.78. The zero-order chi connectivity index (χ0) is 41.9. The van der Waals surface area contributed by atoms with Crippen molar-refractivity contribution in [1.29, 1.82) is 0 Å². The predicted molar refractivity (Wildman–Crippen MR) is 230 cm³/mol. The minimum atomic E-state index is -0.560. The van der Waals surface area contributed by atoms with Gasteiger partial charge in [-0.15, -0.1) is 5.11 Å². The Kier molecular flexibility index (Phi) is 17.5. The average Bonchev–Trinajstić information content (AvgIpc) is 3.73. The minimum absolute atomic E-state index is 0.173. The third-order valence-corrected chi connectivity index (χ3v) is 10.4. The number of anilines is 3. The molecule has 324 valence electrons. The van der Waals surface area contributed by atoms with Crippen LogP contribution in [-0.4, -0.2) is 136 Å². The summed E-state index contributed by atoms with van der Waals surface area (Å²) in [5, 5.41) is 21.1. The number of hydrogen-bond acceptors (Lipinski definition) is 17. The lowest BCUT2D eigenvalue weighted by molar-refractivity contribution is -0.389. The zero-order valence-electron chi connectivity index (χ0n) is 34.6. The summed E-state index contributed by atoms with van der Waals surface area (Å²) in [5.74, 6) is 1.79. The van der Waals surface area contributed by atoms with Crippen LogP contribution in [-0.2, 0) is 23.7 Å². The van der Waals surface area contributed by atoms with Gasteiger partial charge in [-0.3, -0.25) is 0 Å². The molecule has 4 aromatic rings. The van der Waals surface area contributed by atoms with Crippen molar-refractivity contribution in [3.63, 3.8) is 0 Å². The third kappa shape index (κ3) is 13.5. The van der Waals surface area contributed by atoms with Gasteiger partial charge in [-0.25, -0.2) is 0 Å². The molecule has 0 atom stereocenters. The van der Waals surface area contributed by atoms with Crippen molar-refractivity contribution in [1.82, 2.24) is 4.98 Å². The van der Waals surface area contributed by atoms with Crippen LogP contribution >= 0.6 is 11.3 Å². The number of aromatic nitrogens is 1. The van der Waals surface area contributed by atoms with E-state index in [1.54, 1.807) is 13.2 Å². The number of thiazole rings is 1. The molecule has 3 aliphatic heterocycles. The van der Waals surface area contributed by atoms with Crippen molar-refractivity contribution < 1.29 is 42.8 Å². The van der Waals surface area contributed by atoms with Gasteiger partial charge in [-0.2, -0.15) is 0 Å². The highest BCUT2D eigenvalue weighted by atomic mass is 32.1. The number of methoxy groups -OCH3 is 1. The second kappa shape index (κ2) is 23.6. The molecule has 0 radical (unpaired) electrons. The maximum Gasteiger partial charge on any atom is 0.377 e. The fourth-order valence-electron chi connectivity index (χ4n) is 6.59. The standard InChI is InChI=1S/C42H55N7O10S/c1-32-4-7-35-38(28-32)57-20-14-48(37-9-6-34(30-40(37)59-27-22-52-3)44-45-42-43-41(31-60-42)49(50)51)15-21-58-39-29-33(2)5-8-36(39)47-12-18-55-25-23-53-16-10-46(35)11-17-54-24-26-56-19-13-47/h4-9,28-31H,10-27H2,1-3H3/b45-44+. The van der Waals surface area contributed by atoms with Crippen molar-refractivity contribution in [2.75, 3.05) is 140 Å². The van der Waals surface area contributed by atoms with Gasteiger partial charge < -0.3 is 62.7 Å². The fourth-order valence-corrected chi connectivity index (χ4v) is 7.18. The summed E-state index contributed by atoms with van der Waals surface area (Å²) in [6.45, 7) is 12.9. The zero-order valence-corrected chi connectivity index (χ0v) is 35.4. The molecule has 18 heteroatoms. The second-order valence-corrected chi connectivity index (χ2v) is 14.8. The van der Waals surface area contributed by atoms with E-state index in [0.29, 0.717) is 123 Å². The number of fused-ring (bicyclic) bond motifs is 20. The summed E-state index contributed by atoms with van der Waals surface area (Å²) in [5.41, 5.74) is 5.33. The molecule has 0 aliphatic carbocycles. The molecule has 0 saturated carbocycles. The van der Waals surface area contributed by atoms with E-state index in [4.69, 9.17) is 37.9 Å². The highest BCUT2D eigenvalue weighted by Crippen LogP contribution is 2.36. The first-order chi connectivity index (χ1) is 29.4. The Labute approximate surface area is 354 Å². The molecule has 3 aromatic carbocycles. The Hall–Kier alpha value is -5.11. The highest BCUT2D eigenvalue weighted by Gasteiger charge is 2.20. The van der Waals surface area contributed by atoms with Gasteiger partial charge in [0.2, 0.25) is 0 Å². The van der Waals surface area contributed by atoms with Gasteiger partial charge in [-0.1, -0.05) is 28.6 Å². The minimum Gasteiger partial charge on any atom is -0.490 e. The van der Waals surface area contributed by atoms with Crippen LogP contribution in [0.5, 0.6) is 17.2 Å². The van der Waals surface area contributed by atoms with Crippen LogP contribution in [0.2, 0.25) is 0 Å². The average molecular weight is 850 g/mol. The van der Waals surface area contributed by atoms with Gasteiger partial charge in [0.25, 0.3) is 0 Å². The highest BCUT2D eigenvalue weighted by molar-refractivity contribution is 7.13. The molecule has 0 spiro atoms. The first-order valence-corrected chi connectivity index (χ1v) is 21.1. The lowest BCUT2D eigenvalue weighted by Crippen LogP contribution is -2.34. The fraction of sp³-hybridized carbons (Fsp3) is 0.500. The largest absolute Gasteiger partial charge is 0.490 e. The van der Waals surface area contributed by atoms with Gasteiger partial charge in [-0.05, 0) is 71.3 Å². The number of rotatable bonds is 8. The van der Waals surface area contributed by atoms with Gasteiger partial charge in [0.1, 0.15) is 37.1 Å². The first-order valence-electron chi connectivity index (χ1n) is 20.2. The number of ether oxygens (including phenoxy) is 8. The molecular formula is C42H55N7O10S. The normalized spacial score (nSPS) is 17.0. The molecular weight excluding hydrogens is 795 g/mol. The number of benzene rings is 3. The van der Waals surface area contributed by atoms with E-state index >= 15 is 0 Å².